The Morgan fingerprint density at radius 1 is 0.543 bits per heavy atom. The molecule has 0 saturated heterocycles. The smallest absolute Gasteiger partial charge is 0.201 e. The van der Waals surface area contributed by atoms with E-state index >= 15 is 13.2 Å². The minimum absolute atomic E-state index is 0.0502. The number of unbranched alkanes of at least 4 members (excludes halogenated alkanes) is 5. The molecule has 2 aliphatic rings. The average Bonchev–Trinajstić information content (AvgIpc) is 3.08. The predicted molar refractivity (Wildman–Crippen MR) is 181 cm³/mol. The highest BCUT2D eigenvalue weighted by molar-refractivity contribution is 5.72. The second-order valence-corrected chi connectivity index (χ2v) is 13.9. The minimum Gasteiger partial charge on any atom is -0.490 e. The summed E-state index contributed by atoms with van der Waals surface area (Å²) in [5.41, 5.74) is 1.71. The number of rotatable bonds is 14. The summed E-state index contributed by atoms with van der Waals surface area (Å²) in [6.07, 6.45) is 18.5. The number of hydrogen-bond donors (Lipinski definition) is 0. The zero-order chi connectivity index (χ0) is 32.5. The standard InChI is InChI=1S/C41H52F4O/c1-3-5-6-7-8-9-27-46-37-26-25-36(40(44)41(37)45)33-21-19-32(20-22-33)35-24-23-34(38(42)39(35)43)31-17-15-30(16-18-31)29-13-11-28(10-4-2)12-14-29/h19-26,28-31H,3-18,27H2,1-2H3. The number of hydrogen-bond acceptors (Lipinski definition) is 1. The van der Waals surface area contributed by atoms with Crippen LogP contribution in [-0.4, -0.2) is 6.61 Å². The van der Waals surface area contributed by atoms with Crippen LogP contribution >= 0.6 is 0 Å². The van der Waals surface area contributed by atoms with Gasteiger partial charge in [0.25, 0.3) is 0 Å². The van der Waals surface area contributed by atoms with Crippen LogP contribution in [0.15, 0.2) is 48.5 Å². The first-order valence-corrected chi connectivity index (χ1v) is 18.1. The Balaban J connectivity index is 1.18. The van der Waals surface area contributed by atoms with Gasteiger partial charge in [0, 0.05) is 11.1 Å². The summed E-state index contributed by atoms with van der Waals surface area (Å²) in [6.45, 7) is 4.79. The van der Waals surface area contributed by atoms with Gasteiger partial charge in [-0.25, -0.2) is 13.2 Å². The van der Waals surface area contributed by atoms with Crippen LogP contribution in [0.25, 0.3) is 22.3 Å². The molecule has 2 fully saturated rings. The topological polar surface area (TPSA) is 9.23 Å². The predicted octanol–water partition coefficient (Wildman–Crippen LogP) is 13.2. The van der Waals surface area contributed by atoms with E-state index < -0.39 is 23.3 Å². The third-order valence-corrected chi connectivity index (χ3v) is 10.9. The van der Waals surface area contributed by atoms with Gasteiger partial charge in [-0.1, -0.05) is 108 Å². The molecule has 5 rings (SSSR count). The second kappa shape index (κ2) is 16.8. The Kier molecular flexibility index (Phi) is 12.6. The van der Waals surface area contributed by atoms with E-state index in [1.54, 1.807) is 36.4 Å². The zero-order valence-electron chi connectivity index (χ0n) is 27.9. The Bertz CT molecular complexity index is 1380. The van der Waals surface area contributed by atoms with E-state index in [9.17, 15) is 4.39 Å². The van der Waals surface area contributed by atoms with Crippen molar-refractivity contribution in [3.8, 4) is 28.0 Å². The summed E-state index contributed by atoms with van der Waals surface area (Å²) in [4.78, 5) is 0. The van der Waals surface area contributed by atoms with Crippen LogP contribution in [0.1, 0.15) is 128 Å². The average molecular weight is 637 g/mol. The first kappa shape index (κ1) is 34.5. The van der Waals surface area contributed by atoms with Gasteiger partial charge in [0.05, 0.1) is 6.61 Å². The van der Waals surface area contributed by atoms with Gasteiger partial charge in [-0.05, 0) is 97.4 Å². The van der Waals surface area contributed by atoms with Crippen molar-refractivity contribution in [1.29, 1.82) is 0 Å². The number of halogens is 4. The molecule has 0 atom stereocenters. The van der Waals surface area contributed by atoms with Crippen LogP contribution < -0.4 is 4.74 Å². The van der Waals surface area contributed by atoms with Crippen LogP contribution in [-0.2, 0) is 0 Å². The summed E-state index contributed by atoms with van der Waals surface area (Å²) in [5, 5.41) is 0. The molecular weight excluding hydrogens is 584 g/mol. The molecule has 0 aromatic heterocycles. The highest BCUT2D eigenvalue weighted by Crippen LogP contribution is 2.45. The fraction of sp³-hybridized carbons (Fsp3) is 0.561. The number of benzene rings is 3. The first-order valence-electron chi connectivity index (χ1n) is 18.1. The summed E-state index contributed by atoms with van der Waals surface area (Å²) in [7, 11) is 0. The maximum absolute atomic E-state index is 15.5. The van der Waals surface area contributed by atoms with Gasteiger partial charge < -0.3 is 4.74 Å². The molecule has 0 spiro atoms. The summed E-state index contributed by atoms with van der Waals surface area (Å²) in [5.74, 6) is -1.21. The fourth-order valence-electron chi connectivity index (χ4n) is 8.12. The van der Waals surface area contributed by atoms with E-state index in [1.165, 1.54) is 69.9 Å². The molecule has 0 amide bonds. The van der Waals surface area contributed by atoms with E-state index in [-0.39, 0.29) is 22.8 Å². The molecule has 0 aliphatic heterocycles. The normalized spacial score (nSPS) is 21.8. The maximum Gasteiger partial charge on any atom is 0.201 e. The molecule has 250 valence electrons. The van der Waals surface area contributed by atoms with Gasteiger partial charge in [0.1, 0.15) is 0 Å². The molecule has 3 aromatic rings. The molecule has 3 aromatic carbocycles. The molecule has 0 N–H and O–H groups in total. The van der Waals surface area contributed by atoms with Crippen molar-refractivity contribution < 1.29 is 22.3 Å². The van der Waals surface area contributed by atoms with Crippen molar-refractivity contribution in [2.75, 3.05) is 6.61 Å². The van der Waals surface area contributed by atoms with Crippen molar-refractivity contribution in [3.05, 3.63) is 77.4 Å². The molecule has 2 saturated carbocycles. The molecular formula is C41H52F4O. The van der Waals surface area contributed by atoms with Crippen molar-refractivity contribution in [3.63, 3.8) is 0 Å². The third kappa shape index (κ3) is 8.36. The Morgan fingerprint density at radius 3 is 1.70 bits per heavy atom. The SMILES string of the molecule is CCCCCCCCOc1ccc(-c2ccc(-c3ccc(C4CCC(C5CCC(CCC)CC5)CC4)c(F)c3F)cc2)c(F)c1F. The second-order valence-electron chi connectivity index (χ2n) is 13.9. The van der Waals surface area contributed by atoms with E-state index in [0.29, 0.717) is 23.3 Å². The van der Waals surface area contributed by atoms with E-state index in [0.717, 1.165) is 62.7 Å². The lowest BCUT2D eigenvalue weighted by Gasteiger charge is -2.38. The third-order valence-electron chi connectivity index (χ3n) is 10.9. The van der Waals surface area contributed by atoms with Gasteiger partial charge in [-0.2, -0.15) is 4.39 Å². The largest absolute Gasteiger partial charge is 0.490 e. The molecule has 5 heteroatoms. The molecule has 0 bridgehead atoms. The van der Waals surface area contributed by atoms with Crippen molar-refractivity contribution >= 4 is 0 Å². The highest BCUT2D eigenvalue weighted by atomic mass is 19.2. The molecule has 0 unspecified atom stereocenters. The van der Waals surface area contributed by atoms with Gasteiger partial charge >= 0.3 is 0 Å². The fourth-order valence-corrected chi connectivity index (χ4v) is 8.12. The quantitative estimate of drug-likeness (QED) is 0.126. The minimum atomic E-state index is -1.01. The lowest BCUT2D eigenvalue weighted by molar-refractivity contribution is 0.156. The van der Waals surface area contributed by atoms with Crippen LogP contribution in [0.2, 0.25) is 0 Å². The van der Waals surface area contributed by atoms with Crippen LogP contribution in [0.4, 0.5) is 17.6 Å². The van der Waals surface area contributed by atoms with E-state index in [4.69, 9.17) is 4.74 Å². The van der Waals surface area contributed by atoms with Crippen molar-refractivity contribution in [1.82, 2.24) is 0 Å². The highest BCUT2D eigenvalue weighted by Gasteiger charge is 2.32. The lowest BCUT2D eigenvalue weighted by Crippen LogP contribution is -2.25. The summed E-state index contributed by atoms with van der Waals surface area (Å²) in [6, 6.07) is 12.9. The van der Waals surface area contributed by atoms with Crippen molar-refractivity contribution in [2.45, 2.75) is 122 Å². The molecule has 2 aliphatic carbocycles. The van der Waals surface area contributed by atoms with Gasteiger partial charge in [0.15, 0.2) is 23.2 Å². The van der Waals surface area contributed by atoms with Gasteiger partial charge in [-0.3, -0.25) is 0 Å². The van der Waals surface area contributed by atoms with Crippen LogP contribution in [0.5, 0.6) is 5.75 Å². The number of ether oxygens (including phenoxy) is 1. The van der Waals surface area contributed by atoms with Crippen LogP contribution in [0.3, 0.4) is 0 Å². The van der Waals surface area contributed by atoms with Gasteiger partial charge in [-0.15, -0.1) is 0 Å². The van der Waals surface area contributed by atoms with E-state index in [1.807, 2.05) is 0 Å². The molecule has 1 nitrogen and oxygen atoms in total. The summed E-state index contributed by atoms with van der Waals surface area (Å²) >= 11 is 0. The Hall–Kier alpha value is -2.82. The first-order chi connectivity index (χ1) is 22.4. The molecule has 46 heavy (non-hydrogen) atoms. The monoisotopic (exact) mass is 636 g/mol. The summed E-state index contributed by atoms with van der Waals surface area (Å²) < 4.78 is 66.3. The Morgan fingerprint density at radius 2 is 1.09 bits per heavy atom. The van der Waals surface area contributed by atoms with Crippen molar-refractivity contribution in [2.24, 2.45) is 17.8 Å². The molecule has 0 radical (unpaired) electrons. The lowest BCUT2D eigenvalue weighted by atomic mass is 9.68. The van der Waals surface area contributed by atoms with Gasteiger partial charge in [0.2, 0.25) is 5.82 Å². The zero-order valence-corrected chi connectivity index (χ0v) is 27.9. The maximum atomic E-state index is 15.5. The molecule has 0 heterocycles. The Labute approximate surface area is 274 Å². The van der Waals surface area contributed by atoms with E-state index in [2.05, 4.69) is 13.8 Å². The van der Waals surface area contributed by atoms with Crippen LogP contribution in [0, 0.1) is 41.0 Å².